The predicted octanol–water partition coefficient (Wildman–Crippen LogP) is 3.61. The van der Waals surface area contributed by atoms with Crippen LogP contribution >= 0.6 is 15.9 Å². The summed E-state index contributed by atoms with van der Waals surface area (Å²) < 4.78 is 39.9. The molecule has 0 aromatic heterocycles. The van der Waals surface area contributed by atoms with Crippen LogP contribution in [0.4, 0.5) is 0 Å². The molecule has 11 nitrogen and oxygen atoms in total. The van der Waals surface area contributed by atoms with Gasteiger partial charge >= 0.3 is 23.9 Å². The fraction of sp³-hybridized carbons (Fsp3) is 0.448. The Morgan fingerprint density at radius 1 is 0.829 bits per heavy atom. The van der Waals surface area contributed by atoms with Gasteiger partial charge < -0.3 is 33.2 Å². The second-order valence-corrected chi connectivity index (χ2v) is 10.5. The van der Waals surface area contributed by atoms with Gasteiger partial charge in [0, 0.05) is 25.2 Å². The molecular formula is C29H31BrO11. The third-order valence-corrected chi connectivity index (χ3v) is 7.31. The zero-order chi connectivity index (χ0) is 29.7. The van der Waals surface area contributed by atoms with E-state index >= 15 is 0 Å². The molecular weight excluding hydrogens is 604 g/mol. The zero-order valence-corrected chi connectivity index (χ0v) is 24.6. The predicted molar refractivity (Wildman–Crippen MR) is 145 cm³/mol. The molecule has 1 saturated heterocycles. The highest BCUT2D eigenvalue weighted by Gasteiger charge is 2.52. The number of fused-ring (bicyclic) bond motifs is 1. The lowest BCUT2D eigenvalue weighted by molar-refractivity contribution is -0.250. The Balaban J connectivity index is 1.73. The van der Waals surface area contributed by atoms with E-state index in [1.807, 2.05) is 30.3 Å². The Labute approximate surface area is 245 Å². The lowest BCUT2D eigenvalue weighted by Gasteiger charge is -2.44. The second-order valence-electron chi connectivity index (χ2n) is 9.60. The summed E-state index contributed by atoms with van der Waals surface area (Å²) in [6, 6.07) is 11.2. The van der Waals surface area contributed by atoms with Crippen molar-refractivity contribution in [3.63, 3.8) is 0 Å². The minimum atomic E-state index is -1.27. The first-order chi connectivity index (χ1) is 19.5. The maximum absolute atomic E-state index is 12.3. The van der Waals surface area contributed by atoms with Crippen LogP contribution in [0.1, 0.15) is 50.0 Å². The average molecular weight is 635 g/mol. The van der Waals surface area contributed by atoms with Crippen LogP contribution in [0.2, 0.25) is 0 Å². The van der Waals surface area contributed by atoms with E-state index in [0.29, 0.717) is 36.7 Å². The smallest absolute Gasteiger partial charge is 0.308 e. The van der Waals surface area contributed by atoms with E-state index in [0.717, 1.165) is 15.6 Å². The summed E-state index contributed by atoms with van der Waals surface area (Å²) in [6.07, 6.45) is -5.57. The van der Waals surface area contributed by atoms with Crippen molar-refractivity contribution < 1.29 is 52.3 Å². The standard InChI is InChI=1S/C29H31BrO11/c1-15(31)38-27-24(14-25(34)35-4)41-26(28(39-16(2)32)29(27)40-17(3)33)19-6-7-21(30)20(13-19)11-18-5-8-22-23(12-18)37-10-9-36-22/h5-8,12-13,24,26-29H,9-11,14H2,1-4H3/t24-,26+,27-,28+,29-/m1/s1. The van der Waals surface area contributed by atoms with Crippen LogP contribution in [0, 0.1) is 0 Å². The van der Waals surface area contributed by atoms with Crippen molar-refractivity contribution in [3.05, 3.63) is 57.6 Å². The fourth-order valence-corrected chi connectivity index (χ4v) is 5.29. The van der Waals surface area contributed by atoms with Crippen LogP contribution in [0.25, 0.3) is 0 Å². The van der Waals surface area contributed by atoms with Gasteiger partial charge in [-0.2, -0.15) is 0 Å². The molecule has 220 valence electrons. The van der Waals surface area contributed by atoms with Crippen molar-refractivity contribution in [1.29, 1.82) is 0 Å². The minimum absolute atomic E-state index is 0.309. The number of hydrogen-bond donors (Lipinski definition) is 0. The molecule has 2 heterocycles. The Morgan fingerprint density at radius 3 is 2.12 bits per heavy atom. The molecule has 0 spiro atoms. The number of benzene rings is 2. The summed E-state index contributed by atoms with van der Waals surface area (Å²) >= 11 is 3.61. The second kappa shape index (κ2) is 13.3. The largest absolute Gasteiger partial charge is 0.486 e. The molecule has 0 unspecified atom stereocenters. The molecule has 0 radical (unpaired) electrons. The van der Waals surface area contributed by atoms with E-state index in [-0.39, 0.29) is 6.42 Å². The topological polar surface area (TPSA) is 133 Å². The summed E-state index contributed by atoms with van der Waals surface area (Å²) in [5.41, 5.74) is 2.42. The van der Waals surface area contributed by atoms with E-state index in [2.05, 4.69) is 15.9 Å². The third-order valence-electron chi connectivity index (χ3n) is 6.53. The molecule has 0 saturated carbocycles. The number of halogens is 1. The van der Waals surface area contributed by atoms with Gasteiger partial charge in [-0.25, -0.2) is 0 Å². The number of carbonyl (C=O) groups excluding carboxylic acids is 4. The molecule has 12 heteroatoms. The summed E-state index contributed by atoms with van der Waals surface area (Å²) in [4.78, 5) is 48.6. The summed E-state index contributed by atoms with van der Waals surface area (Å²) in [7, 11) is 1.22. The molecule has 4 rings (SSSR count). The fourth-order valence-electron chi connectivity index (χ4n) is 4.90. The first-order valence-electron chi connectivity index (χ1n) is 13.0. The van der Waals surface area contributed by atoms with Crippen LogP contribution in [-0.4, -0.2) is 68.6 Å². The maximum Gasteiger partial charge on any atom is 0.308 e. The van der Waals surface area contributed by atoms with Gasteiger partial charge in [0.2, 0.25) is 0 Å². The van der Waals surface area contributed by atoms with Crippen molar-refractivity contribution in [2.24, 2.45) is 0 Å². The Kier molecular flexibility index (Phi) is 9.87. The van der Waals surface area contributed by atoms with Crippen molar-refractivity contribution >= 4 is 39.8 Å². The minimum Gasteiger partial charge on any atom is -0.486 e. The Bertz CT molecular complexity index is 1310. The number of hydrogen-bond acceptors (Lipinski definition) is 11. The lowest BCUT2D eigenvalue weighted by Crippen LogP contribution is -2.58. The Hall–Kier alpha value is -3.64. The van der Waals surface area contributed by atoms with Crippen LogP contribution < -0.4 is 9.47 Å². The number of rotatable bonds is 8. The summed E-state index contributed by atoms with van der Waals surface area (Å²) in [5, 5.41) is 0. The van der Waals surface area contributed by atoms with Crippen molar-refractivity contribution in [2.45, 2.75) is 64.1 Å². The number of methoxy groups -OCH3 is 1. The molecule has 41 heavy (non-hydrogen) atoms. The molecule has 0 N–H and O–H groups in total. The molecule has 2 aliphatic heterocycles. The Morgan fingerprint density at radius 2 is 1.46 bits per heavy atom. The average Bonchev–Trinajstić information content (AvgIpc) is 2.92. The molecule has 0 aliphatic carbocycles. The van der Waals surface area contributed by atoms with Crippen molar-refractivity contribution in [2.75, 3.05) is 20.3 Å². The van der Waals surface area contributed by atoms with Gasteiger partial charge in [-0.1, -0.05) is 34.1 Å². The van der Waals surface area contributed by atoms with Gasteiger partial charge in [0.25, 0.3) is 0 Å². The van der Waals surface area contributed by atoms with E-state index < -0.39 is 54.4 Å². The first-order valence-corrected chi connectivity index (χ1v) is 13.8. The molecule has 1 fully saturated rings. The van der Waals surface area contributed by atoms with Gasteiger partial charge in [0.1, 0.15) is 25.4 Å². The van der Waals surface area contributed by atoms with Crippen LogP contribution in [0.3, 0.4) is 0 Å². The van der Waals surface area contributed by atoms with Gasteiger partial charge in [-0.3, -0.25) is 19.2 Å². The van der Waals surface area contributed by atoms with Crippen LogP contribution in [-0.2, 0) is 49.3 Å². The van der Waals surface area contributed by atoms with Gasteiger partial charge in [-0.05, 0) is 41.3 Å². The van der Waals surface area contributed by atoms with Crippen molar-refractivity contribution in [3.8, 4) is 11.5 Å². The highest BCUT2D eigenvalue weighted by atomic mass is 79.9. The van der Waals surface area contributed by atoms with Crippen LogP contribution in [0.15, 0.2) is 40.9 Å². The van der Waals surface area contributed by atoms with Gasteiger partial charge in [0.15, 0.2) is 29.8 Å². The molecule has 2 aromatic rings. The number of esters is 4. The summed E-state index contributed by atoms with van der Waals surface area (Å²) in [6.45, 7) is 4.52. The van der Waals surface area contributed by atoms with Gasteiger partial charge in [-0.15, -0.1) is 0 Å². The molecule has 0 bridgehead atoms. The normalized spacial score (nSPS) is 23.2. The number of carbonyl (C=O) groups is 4. The molecule has 2 aliphatic rings. The molecule has 2 aromatic carbocycles. The van der Waals surface area contributed by atoms with E-state index in [1.165, 1.54) is 27.9 Å². The van der Waals surface area contributed by atoms with Crippen molar-refractivity contribution in [1.82, 2.24) is 0 Å². The van der Waals surface area contributed by atoms with Gasteiger partial charge in [0.05, 0.1) is 13.5 Å². The number of ether oxygens (including phenoxy) is 7. The van der Waals surface area contributed by atoms with E-state index in [9.17, 15) is 19.2 Å². The van der Waals surface area contributed by atoms with Crippen LogP contribution in [0.5, 0.6) is 11.5 Å². The zero-order valence-electron chi connectivity index (χ0n) is 23.0. The van der Waals surface area contributed by atoms with E-state index in [1.54, 1.807) is 6.07 Å². The highest BCUT2D eigenvalue weighted by molar-refractivity contribution is 9.10. The SMILES string of the molecule is COC(=O)C[C@H]1O[C@@H](c2ccc(Br)c(Cc3ccc4c(c3)OCCO4)c2)[C@H](OC(C)=O)[C@H](OC(C)=O)[C@@H]1OC(C)=O. The third kappa shape index (κ3) is 7.56. The lowest BCUT2D eigenvalue weighted by atomic mass is 9.88. The highest BCUT2D eigenvalue weighted by Crippen LogP contribution is 2.40. The molecule has 0 amide bonds. The summed E-state index contributed by atoms with van der Waals surface area (Å²) in [5.74, 6) is -1.34. The monoisotopic (exact) mass is 634 g/mol. The van der Waals surface area contributed by atoms with E-state index in [4.69, 9.17) is 33.2 Å². The molecule has 5 atom stereocenters. The maximum atomic E-state index is 12.3. The first kappa shape index (κ1) is 30.3. The quantitative estimate of drug-likeness (QED) is 0.311.